The molecule has 3 unspecified atom stereocenters. The Balaban J connectivity index is 1.85. The first kappa shape index (κ1) is 60.7. The van der Waals surface area contributed by atoms with Gasteiger partial charge in [-0.1, -0.05) is 146 Å². The Morgan fingerprint density at radius 2 is 1.04 bits per heavy atom. The van der Waals surface area contributed by atoms with Gasteiger partial charge in [0, 0.05) is 25.2 Å². The molecule has 2 fully saturated rings. The molecule has 1 saturated carbocycles. The fourth-order valence-electron chi connectivity index (χ4n) is 9.11. The average molecular weight is 950 g/mol. The summed E-state index contributed by atoms with van der Waals surface area (Å²) >= 11 is 0. The minimum atomic E-state index is -0.901. The Morgan fingerprint density at radius 1 is 0.574 bits per heavy atom. The smallest absolute Gasteiger partial charge is 0.312 e. The highest BCUT2D eigenvalue weighted by molar-refractivity contribution is 5.77. The van der Waals surface area contributed by atoms with Crippen LogP contribution in [0.15, 0.2) is 60.8 Å². The molecule has 1 aliphatic heterocycles. The number of hydrogen-bond donors (Lipinski definition) is 0. The lowest BCUT2D eigenvalue weighted by molar-refractivity contribution is -0.168. The number of allylic oxidation sites excluding steroid dienone is 10. The van der Waals surface area contributed by atoms with Crippen molar-refractivity contribution in [1.82, 2.24) is 4.90 Å². The third-order valence-electron chi connectivity index (χ3n) is 13.8. The minimum Gasteiger partial charge on any atom is -0.462 e. The summed E-state index contributed by atoms with van der Waals surface area (Å²) in [7, 11) is 2.08. The van der Waals surface area contributed by atoms with Crippen LogP contribution in [0.5, 0.6) is 0 Å². The fraction of sp³-hybridized carbons (Fsp3) is 0.763. The van der Waals surface area contributed by atoms with E-state index < -0.39 is 17.5 Å². The zero-order chi connectivity index (χ0) is 49.3. The predicted octanol–water partition coefficient (Wildman–Crippen LogP) is 15.0. The van der Waals surface area contributed by atoms with Crippen molar-refractivity contribution in [1.29, 1.82) is 0 Å². The second kappa shape index (κ2) is 40.3. The van der Waals surface area contributed by atoms with Gasteiger partial charge in [-0.25, -0.2) is 0 Å². The molecule has 68 heavy (non-hydrogen) atoms. The molecule has 0 N–H and O–H groups in total. The highest BCUT2D eigenvalue weighted by Crippen LogP contribution is 2.41. The first-order valence-corrected chi connectivity index (χ1v) is 27.8. The van der Waals surface area contributed by atoms with Gasteiger partial charge in [-0.05, 0) is 149 Å². The highest BCUT2D eigenvalue weighted by atomic mass is 16.6. The second-order valence-electron chi connectivity index (χ2n) is 20.1. The van der Waals surface area contributed by atoms with Crippen molar-refractivity contribution in [3.05, 3.63) is 60.8 Å². The van der Waals surface area contributed by atoms with Gasteiger partial charge in [0.2, 0.25) is 0 Å². The van der Waals surface area contributed by atoms with E-state index in [2.05, 4.69) is 93.5 Å². The van der Waals surface area contributed by atoms with E-state index in [1.807, 2.05) is 6.92 Å². The van der Waals surface area contributed by atoms with E-state index in [9.17, 15) is 19.2 Å². The molecule has 9 heteroatoms. The highest BCUT2D eigenvalue weighted by Gasteiger charge is 2.44. The second-order valence-corrected chi connectivity index (χ2v) is 20.1. The summed E-state index contributed by atoms with van der Waals surface area (Å²) in [5, 5.41) is 0. The van der Waals surface area contributed by atoms with Crippen LogP contribution in [0.2, 0.25) is 0 Å². The zero-order valence-electron chi connectivity index (χ0n) is 44.0. The van der Waals surface area contributed by atoms with Crippen LogP contribution in [-0.4, -0.2) is 74.3 Å². The third-order valence-corrected chi connectivity index (χ3v) is 13.8. The molecule has 9 nitrogen and oxygen atoms in total. The van der Waals surface area contributed by atoms with Crippen LogP contribution >= 0.6 is 0 Å². The Hall–Kier alpha value is -3.46. The zero-order valence-corrected chi connectivity index (χ0v) is 44.0. The molecule has 2 rings (SSSR count). The van der Waals surface area contributed by atoms with Gasteiger partial charge in [0.25, 0.3) is 0 Å². The van der Waals surface area contributed by atoms with Crippen molar-refractivity contribution in [2.45, 2.75) is 239 Å². The maximum absolute atomic E-state index is 13.6. The van der Waals surface area contributed by atoms with Gasteiger partial charge in [0.05, 0.1) is 5.41 Å². The van der Waals surface area contributed by atoms with Gasteiger partial charge in [0.1, 0.15) is 19.3 Å². The first-order valence-electron chi connectivity index (χ1n) is 27.8. The van der Waals surface area contributed by atoms with Crippen LogP contribution in [0.4, 0.5) is 0 Å². The fourth-order valence-corrected chi connectivity index (χ4v) is 9.11. The van der Waals surface area contributed by atoms with Crippen LogP contribution in [-0.2, 0) is 38.1 Å². The molecule has 0 radical (unpaired) electrons. The summed E-state index contributed by atoms with van der Waals surface area (Å²) in [5.74, 6) is -1.27. The van der Waals surface area contributed by atoms with Crippen molar-refractivity contribution in [2.24, 2.45) is 17.3 Å². The van der Waals surface area contributed by atoms with Crippen LogP contribution in [0.1, 0.15) is 227 Å². The SMILES string of the molecule is CC/C=C\CC1C(CC(=O)OC(COC(=O)CCCCCCC/C=C\C/C=C\CCCCC)COC(=O)CCCCCCC/C=C\C/C=C\CCCCC)CCC1OC(=O)C1(C)CCN(C)CC1. The summed E-state index contributed by atoms with van der Waals surface area (Å²) in [6, 6.07) is 0. The maximum atomic E-state index is 13.6. The molecule has 1 heterocycles. The molecular weight excluding hydrogens is 851 g/mol. The standard InChI is InChI=1S/C59H99NO8/c1-6-9-12-14-16-18-20-22-24-26-28-30-32-34-37-40-55(61)65-49-52(50-66-56(62)41-38-35-33-31-29-27-25-23-21-19-17-15-13-10-7-2)67-57(63)48-51-42-43-54(53(51)39-36-11-8-3)68-58(64)59(4)44-46-60(5)47-45-59/h11,16-19,22-25,36,51-54H,6-10,12-15,20-21,26-35,37-50H2,1-5H3/b18-16-,19-17-,24-22-,25-23-,36-11-. The van der Waals surface area contributed by atoms with E-state index in [4.69, 9.17) is 18.9 Å². The van der Waals surface area contributed by atoms with Crippen LogP contribution in [0.25, 0.3) is 0 Å². The van der Waals surface area contributed by atoms with Gasteiger partial charge >= 0.3 is 23.9 Å². The number of rotatable bonds is 40. The molecule has 0 aromatic heterocycles. The lowest BCUT2D eigenvalue weighted by Crippen LogP contribution is -2.43. The lowest BCUT2D eigenvalue weighted by atomic mass is 9.80. The monoisotopic (exact) mass is 950 g/mol. The Bertz CT molecular complexity index is 1410. The molecule has 0 spiro atoms. The van der Waals surface area contributed by atoms with E-state index in [-0.39, 0.29) is 55.5 Å². The predicted molar refractivity (Wildman–Crippen MR) is 280 cm³/mol. The number of hydrogen-bond acceptors (Lipinski definition) is 9. The summed E-state index contributed by atoms with van der Waals surface area (Å²) in [6.45, 7) is 9.98. The number of ether oxygens (including phenoxy) is 4. The average Bonchev–Trinajstić information content (AvgIpc) is 3.69. The third kappa shape index (κ3) is 30.2. The van der Waals surface area contributed by atoms with Crippen molar-refractivity contribution in [3.63, 3.8) is 0 Å². The molecule has 3 atom stereocenters. The molecule has 2 aliphatic rings. The molecule has 0 aromatic carbocycles. The van der Waals surface area contributed by atoms with Crippen LogP contribution in [0.3, 0.4) is 0 Å². The Labute approximate surface area is 415 Å². The molecule has 388 valence electrons. The van der Waals surface area contributed by atoms with E-state index >= 15 is 0 Å². The van der Waals surface area contributed by atoms with E-state index in [0.29, 0.717) is 25.7 Å². The topological polar surface area (TPSA) is 108 Å². The summed E-state index contributed by atoms with van der Waals surface area (Å²) < 4.78 is 23.5. The normalized spacial score (nSPS) is 18.8. The summed E-state index contributed by atoms with van der Waals surface area (Å²) in [5.41, 5.74) is -0.500. The van der Waals surface area contributed by atoms with Gasteiger partial charge in [-0.15, -0.1) is 0 Å². The number of carbonyl (C=O) groups excluding carboxylic acids is 4. The van der Waals surface area contributed by atoms with Crippen molar-refractivity contribution >= 4 is 23.9 Å². The molecule has 0 amide bonds. The number of esters is 4. The van der Waals surface area contributed by atoms with E-state index in [1.54, 1.807) is 0 Å². The number of piperidine rings is 1. The van der Waals surface area contributed by atoms with Crippen molar-refractivity contribution < 1.29 is 38.1 Å². The molecule has 0 bridgehead atoms. The quantitative estimate of drug-likeness (QED) is 0.0257. The van der Waals surface area contributed by atoms with E-state index in [0.717, 1.165) is 129 Å². The summed E-state index contributed by atoms with van der Waals surface area (Å²) in [4.78, 5) is 55.1. The van der Waals surface area contributed by atoms with Crippen molar-refractivity contribution in [2.75, 3.05) is 33.4 Å². The number of nitrogens with zero attached hydrogens (tertiary/aromatic N) is 1. The Morgan fingerprint density at radius 3 is 1.53 bits per heavy atom. The van der Waals surface area contributed by atoms with Crippen LogP contribution < -0.4 is 0 Å². The molecular formula is C59H99NO8. The largest absolute Gasteiger partial charge is 0.462 e. The molecule has 1 aliphatic carbocycles. The maximum Gasteiger partial charge on any atom is 0.312 e. The summed E-state index contributed by atoms with van der Waals surface area (Å²) in [6.07, 6.45) is 50.8. The van der Waals surface area contributed by atoms with E-state index in [1.165, 1.54) is 51.4 Å². The minimum absolute atomic E-state index is 0.00846. The van der Waals surface area contributed by atoms with Gasteiger partial charge in [-0.2, -0.15) is 0 Å². The Kier molecular flexibility index (Phi) is 35.9. The van der Waals surface area contributed by atoms with Gasteiger partial charge in [-0.3, -0.25) is 19.2 Å². The first-order chi connectivity index (χ1) is 33.1. The number of likely N-dealkylation sites (tertiary alicyclic amines) is 1. The molecule has 1 saturated heterocycles. The molecule has 0 aromatic rings. The van der Waals surface area contributed by atoms with Crippen molar-refractivity contribution in [3.8, 4) is 0 Å². The van der Waals surface area contributed by atoms with Gasteiger partial charge in [0.15, 0.2) is 6.10 Å². The lowest BCUT2D eigenvalue weighted by Gasteiger charge is -2.37. The number of unbranched alkanes of at least 4 members (excludes halogenated alkanes) is 16. The van der Waals surface area contributed by atoms with Crippen LogP contribution in [0, 0.1) is 17.3 Å². The van der Waals surface area contributed by atoms with Gasteiger partial charge < -0.3 is 23.8 Å². The number of carbonyl (C=O) groups is 4.